The normalized spacial score (nSPS) is 8.90. The number of nitriles is 1. The Morgan fingerprint density at radius 1 is 1.50 bits per heavy atom. The third-order valence-electron chi connectivity index (χ3n) is 0.941. The lowest BCUT2D eigenvalue weighted by Gasteiger charge is -1.92. The van der Waals surface area contributed by atoms with Crippen LogP contribution in [0.25, 0.3) is 0 Å². The average Bonchev–Trinajstić information content (AvgIpc) is 1.88. The van der Waals surface area contributed by atoms with Crippen molar-refractivity contribution < 1.29 is 0 Å². The van der Waals surface area contributed by atoms with Crippen molar-refractivity contribution in [2.75, 3.05) is 0 Å². The van der Waals surface area contributed by atoms with Crippen LogP contribution >= 0.6 is 31.9 Å². The van der Waals surface area contributed by atoms with Gasteiger partial charge in [-0.15, -0.1) is 0 Å². The van der Waals surface area contributed by atoms with E-state index in [9.17, 15) is 0 Å². The van der Waals surface area contributed by atoms with Gasteiger partial charge in [0.05, 0.1) is 5.56 Å². The third kappa shape index (κ3) is 1.55. The van der Waals surface area contributed by atoms with Crippen LogP contribution < -0.4 is 0 Å². The minimum atomic E-state index is 0.545. The second kappa shape index (κ2) is 3.13. The summed E-state index contributed by atoms with van der Waals surface area (Å²) in [5, 5.41) is 8.47. The van der Waals surface area contributed by atoms with Crippen LogP contribution in [-0.2, 0) is 0 Å². The summed E-state index contributed by atoms with van der Waals surface area (Å²) in [6.07, 6.45) is 1.51. The summed E-state index contributed by atoms with van der Waals surface area (Å²) in [6, 6.07) is 3.73. The molecule has 4 heteroatoms. The van der Waals surface area contributed by atoms with E-state index in [0.717, 1.165) is 9.08 Å². The Kier molecular flexibility index (Phi) is 2.41. The Bertz CT molecular complexity index is 290. The van der Waals surface area contributed by atoms with Crippen molar-refractivity contribution in [3.05, 3.63) is 26.9 Å². The fraction of sp³-hybridized carbons (Fsp3) is 0. The quantitative estimate of drug-likeness (QED) is 0.673. The number of hydrogen-bond acceptors (Lipinski definition) is 2. The van der Waals surface area contributed by atoms with Gasteiger partial charge in [-0.3, -0.25) is 0 Å². The van der Waals surface area contributed by atoms with Gasteiger partial charge in [0.25, 0.3) is 0 Å². The second-order valence-corrected chi connectivity index (χ2v) is 3.27. The molecule has 1 aromatic rings. The van der Waals surface area contributed by atoms with Crippen LogP contribution in [0, 0.1) is 11.3 Å². The highest BCUT2D eigenvalue weighted by molar-refractivity contribution is 9.11. The number of hydrogen-bond donors (Lipinski definition) is 0. The largest absolute Gasteiger partial charge is 0.248 e. The maximum Gasteiger partial charge on any atom is 0.107 e. The molecule has 2 nitrogen and oxygen atoms in total. The van der Waals surface area contributed by atoms with Gasteiger partial charge in [-0.05, 0) is 37.9 Å². The van der Waals surface area contributed by atoms with E-state index in [0.29, 0.717) is 5.56 Å². The molecule has 1 heterocycles. The van der Waals surface area contributed by atoms with Gasteiger partial charge in [0, 0.05) is 10.7 Å². The van der Waals surface area contributed by atoms with E-state index in [-0.39, 0.29) is 0 Å². The minimum absolute atomic E-state index is 0.545. The first-order valence-electron chi connectivity index (χ1n) is 2.45. The first-order chi connectivity index (χ1) is 4.74. The first kappa shape index (κ1) is 7.70. The molecule has 0 radical (unpaired) electrons. The number of nitrogens with zero attached hydrogens (tertiary/aromatic N) is 2. The molecule has 0 saturated heterocycles. The van der Waals surface area contributed by atoms with Crippen molar-refractivity contribution in [1.29, 1.82) is 5.26 Å². The van der Waals surface area contributed by atoms with E-state index in [4.69, 9.17) is 5.26 Å². The molecule has 0 spiro atoms. The van der Waals surface area contributed by atoms with Crippen molar-refractivity contribution >= 4 is 31.9 Å². The lowest BCUT2D eigenvalue weighted by Crippen LogP contribution is -1.80. The molecule has 0 amide bonds. The SMILES string of the molecule is N#Cc1cnc(Br)cc1Br. The van der Waals surface area contributed by atoms with Gasteiger partial charge < -0.3 is 0 Å². The minimum Gasteiger partial charge on any atom is -0.248 e. The van der Waals surface area contributed by atoms with Crippen molar-refractivity contribution in [2.45, 2.75) is 0 Å². The van der Waals surface area contributed by atoms with E-state index < -0.39 is 0 Å². The standard InChI is InChI=1S/C6H2Br2N2/c7-5-1-6(8)10-3-4(5)2-9/h1,3H. The fourth-order valence-corrected chi connectivity index (χ4v) is 1.54. The molecule has 0 saturated carbocycles. The molecule has 0 aliphatic rings. The molecule has 0 aliphatic carbocycles. The third-order valence-corrected chi connectivity index (χ3v) is 2.03. The van der Waals surface area contributed by atoms with Crippen LogP contribution in [0.2, 0.25) is 0 Å². The number of halogens is 2. The van der Waals surface area contributed by atoms with Crippen molar-refractivity contribution in [3.63, 3.8) is 0 Å². The van der Waals surface area contributed by atoms with Crippen molar-refractivity contribution in [1.82, 2.24) is 4.98 Å². The van der Waals surface area contributed by atoms with Crippen LogP contribution in [0.15, 0.2) is 21.3 Å². The smallest absolute Gasteiger partial charge is 0.107 e. The molecule has 0 aromatic carbocycles. The summed E-state index contributed by atoms with van der Waals surface area (Å²) < 4.78 is 1.48. The Hall–Kier alpha value is -0.400. The van der Waals surface area contributed by atoms with Crippen LogP contribution in [0.5, 0.6) is 0 Å². The molecule has 10 heavy (non-hydrogen) atoms. The lowest BCUT2D eigenvalue weighted by molar-refractivity contribution is 1.24. The van der Waals surface area contributed by atoms with Crippen molar-refractivity contribution in [2.24, 2.45) is 0 Å². The summed E-state index contributed by atoms with van der Waals surface area (Å²) in [5.74, 6) is 0. The van der Waals surface area contributed by atoms with E-state index in [1.165, 1.54) is 6.20 Å². The number of pyridine rings is 1. The molecule has 0 unspecified atom stereocenters. The van der Waals surface area contributed by atoms with Gasteiger partial charge in [-0.25, -0.2) is 4.98 Å². The van der Waals surface area contributed by atoms with Crippen molar-refractivity contribution in [3.8, 4) is 6.07 Å². The molecular formula is C6H2Br2N2. The molecule has 1 aromatic heterocycles. The van der Waals surface area contributed by atoms with Gasteiger partial charge in [-0.2, -0.15) is 5.26 Å². The maximum absolute atomic E-state index is 8.47. The highest BCUT2D eigenvalue weighted by Crippen LogP contribution is 2.18. The van der Waals surface area contributed by atoms with E-state index in [1.54, 1.807) is 6.07 Å². The predicted molar refractivity (Wildman–Crippen MR) is 44.4 cm³/mol. The zero-order valence-corrected chi connectivity index (χ0v) is 7.98. The topological polar surface area (TPSA) is 36.7 Å². The summed E-state index contributed by atoms with van der Waals surface area (Å²) >= 11 is 6.39. The molecule has 0 N–H and O–H groups in total. The highest BCUT2D eigenvalue weighted by atomic mass is 79.9. The highest BCUT2D eigenvalue weighted by Gasteiger charge is 1.98. The number of rotatable bonds is 0. The van der Waals surface area contributed by atoms with Gasteiger partial charge in [0.15, 0.2) is 0 Å². The Labute approximate surface area is 75.1 Å². The second-order valence-electron chi connectivity index (χ2n) is 1.60. The molecule has 0 aliphatic heterocycles. The monoisotopic (exact) mass is 260 g/mol. The summed E-state index contributed by atoms with van der Waals surface area (Å²) in [7, 11) is 0. The van der Waals surface area contributed by atoms with E-state index in [1.807, 2.05) is 6.07 Å². The predicted octanol–water partition coefficient (Wildman–Crippen LogP) is 2.48. The molecule has 50 valence electrons. The molecule has 0 fully saturated rings. The fourth-order valence-electron chi connectivity index (χ4n) is 0.490. The van der Waals surface area contributed by atoms with Gasteiger partial charge >= 0.3 is 0 Å². The Morgan fingerprint density at radius 2 is 2.20 bits per heavy atom. The summed E-state index contributed by atoms with van der Waals surface area (Å²) in [5.41, 5.74) is 0.545. The first-order valence-corrected chi connectivity index (χ1v) is 4.04. The Morgan fingerprint density at radius 3 is 2.70 bits per heavy atom. The molecular weight excluding hydrogens is 260 g/mol. The maximum atomic E-state index is 8.47. The van der Waals surface area contributed by atoms with Crippen LogP contribution in [0.1, 0.15) is 5.56 Å². The van der Waals surface area contributed by atoms with Crippen LogP contribution in [0.4, 0.5) is 0 Å². The zero-order chi connectivity index (χ0) is 7.56. The lowest BCUT2D eigenvalue weighted by atomic mass is 10.3. The van der Waals surface area contributed by atoms with Crippen LogP contribution in [0.3, 0.4) is 0 Å². The molecule has 1 rings (SSSR count). The summed E-state index contributed by atoms with van der Waals surface area (Å²) in [6.45, 7) is 0. The van der Waals surface area contributed by atoms with Crippen LogP contribution in [-0.4, -0.2) is 4.98 Å². The van der Waals surface area contributed by atoms with Gasteiger partial charge in [-0.1, -0.05) is 0 Å². The van der Waals surface area contributed by atoms with E-state index >= 15 is 0 Å². The van der Waals surface area contributed by atoms with E-state index in [2.05, 4.69) is 36.8 Å². The molecule has 0 atom stereocenters. The molecule has 0 bridgehead atoms. The Balaban J connectivity index is 3.23. The summed E-state index contributed by atoms with van der Waals surface area (Å²) in [4.78, 5) is 3.87. The number of aromatic nitrogens is 1. The zero-order valence-electron chi connectivity index (χ0n) is 4.81. The van der Waals surface area contributed by atoms with Gasteiger partial charge in [0.1, 0.15) is 10.7 Å². The average molecular weight is 262 g/mol. The van der Waals surface area contributed by atoms with Gasteiger partial charge in [0.2, 0.25) is 0 Å².